The number of aromatic hydroxyl groups is 1. The van der Waals surface area contributed by atoms with Crippen molar-refractivity contribution in [3.05, 3.63) is 29.8 Å². The first kappa shape index (κ1) is 39.8. The van der Waals surface area contributed by atoms with Gasteiger partial charge >= 0.3 is 24.8 Å². The Kier molecular flexibility index (Phi) is 19.2. The molecule has 15 heteroatoms. The molecule has 1 aromatic carbocycles. The number of amides is 4. The third-order valence-corrected chi connectivity index (χ3v) is 6.41. The molecule has 43 heavy (non-hydrogen) atoms. The zero-order chi connectivity index (χ0) is 31.8. The van der Waals surface area contributed by atoms with Gasteiger partial charge in [-0.3, -0.25) is 24.0 Å². The van der Waals surface area contributed by atoms with Gasteiger partial charge in [-0.25, -0.2) is 0 Å². The number of ether oxygens (including phenoxy) is 2. The van der Waals surface area contributed by atoms with Crippen molar-refractivity contribution in [2.45, 2.75) is 83.3 Å². The number of phenolic OH excluding ortho intramolecular Hbond substituents is 1. The van der Waals surface area contributed by atoms with Gasteiger partial charge in [-0.2, -0.15) is 0 Å². The number of nitrogens with one attached hydrogen (secondary N) is 4. The van der Waals surface area contributed by atoms with Crippen LogP contribution in [0, 0.1) is 5.92 Å². The van der Waals surface area contributed by atoms with Gasteiger partial charge in [0.25, 0.3) is 0 Å². The number of benzene rings is 1. The Balaban J connectivity index is 0. The van der Waals surface area contributed by atoms with E-state index in [-0.39, 0.29) is 38.9 Å². The summed E-state index contributed by atoms with van der Waals surface area (Å²) in [5.74, 6) is -3.88. The monoisotopic (exact) mass is 603 g/mol. The molecule has 0 fully saturated rings. The van der Waals surface area contributed by atoms with Crippen molar-refractivity contribution < 1.29 is 63.9 Å². The number of phenols is 1. The number of hydrogen-bond donors (Lipinski definition) is 7. The van der Waals surface area contributed by atoms with Crippen LogP contribution in [0.25, 0.3) is 0 Å². The van der Waals surface area contributed by atoms with Crippen molar-refractivity contribution in [1.82, 2.24) is 21.3 Å². The number of carbonyl (C=O) groups excluding carboxylic acids is 4. The predicted molar refractivity (Wildman–Crippen MR) is 154 cm³/mol. The normalized spacial score (nSPS) is 13.7. The van der Waals surface area contributed by atoms with Gasteiger partial charge in [0, 0.05) is 27.6 Å². The molecular formula is C28H46LiN5O9. The molecule has 0 saturated carbocycles. The largest absolute Gasteiger partial charge is 1.00 e. The Hall–Kier alpha value is -3.15. The third-order valence-electron chi connectivity index (χ3n) is 6.41. The predicted octanol–water partition coefficient (Wildman–Crippen LogP) is -3.11. The molecule has 0 heterocycles. The van der Waals surface area contributed by atoms with E-state index in [0.29, 0.717) is 24.9 Å². The minimum atomic E-state index is -1.19. The maximum Gasteiger partial charge on any atom is 1.00 e. The number of aliphatic carboxylic acids is 1. The van der Waals surface area contributed by atoms with Crippen LogP contribution >= 0.6 is 0 Å². The second-order valence-corrected chi connectivity index (χ2v) is 10.3. The zero-order valence-electron chi connectivity index (χ0n) is 26.8. The second-order valence-electron chi connectivity index (χ2n) is 10.3. The molecule has 1 rings (SSSR count). The molecule has 4 amide bonds. The van der Waals surface area contributed by atoms with Crippen molar-refractivity contribution in [3.8, 4) is 5.75 Å². The van der Waals surface area contributed by atoms with Crippen molar-refractivity contribution >= 4 is 29.6 Å². The Morgan fingerprint density at radius 2 is 1.47 bits per heavy atom. The summed E-state index contributed by atoms with van der Waals surface area (Å²) in [6, 6.07) is 1.95. The summed E-state index contributed by atoms with van der Waals surface area (Å²) in [4.78, 5) is 63.2. The van der Waals surface area contributed by atoms with Gasteiger partial charge in [0.2, 0.25) is 23.6 Å². The maximum absolute atomic E-state index is 13.4. The van der Waals surface area contributed by atoms with Crippen LogP contribution in [-0.4, -0.2) is 91.0 Å². The zero-order valence-corrected chi connectivity index (χ0v) is 25.8. The van der Waals surface area contributed by atoms with Gasteiger partial charge in [-0.15, -0.1) is 0 Å². The number of hydrogen-bond acceptors (Lipinski definition) is 9. The molecule has 4 atom stereocenters. The van der Waals surface area contributed by atoms with Crippen molar-refractivity contribution in [1.29, 1.82) is 0 Å². The van der Waals surface area contributed by atoms with E-state index in [2.05, 4.69) is 21.3 Å². The Morgan fingerprint density at radius 1 is 0.884 bits per heavy atom. The summed E-state index contributed by atoms with van der Waals surface area (Å²) in [5.41, 5.74) is 6.27. The van der Waals surface area contributed by atoms with Crippen LogP contribution in [-0.2, 0) is 39.9 Å². The molecule has 0 aliphatic heterocycles. The number of rotatable bonds is 19. The van der Waals surface area contributed by atoms with Gasteiger partial charge in [0.1, 0.15) is 23.9 Å². The number of carboxylic acids is 1. The van der Waals surface area contributed by atoms with Crippen molar-refractivity contribution in [2.24, 2.45) is 11.7 Å². The molecule has 1 unspecified atom stereocenters. The standard InChI is InChI=1S/C28H45N5O9.Li.H/c1-16(2)24(33-26(39)21(30-17(3)34)14-18-9-11-19(35)12-10-18)27(40)31-20(8-6-7-13-29)25(38)32-22(15-23(36)37)28(41-4)42-5;;/h9-12,16,20-22,24,28,35H,6-8,13-15,29H2,1-5H3,(H,30,34)(H,31,40)(H,32,38)(H,33,39)(H,36,37);;/q;+1;-1/t20-,21-,22?,24-;;/m0../s1. The number of unbranched alkanes of at least 4 members (excludes halogenated alkanes) is 1. The number of carboxylic acid groups (broad SMARTS) is 1. The first-order valence-electron chi connectivity index (χ1n) is 13.8. The first-order valence-corrected chi connectivity index (χ1v) is 13.8. The fraction of sp³-hybridized carbons (Fsp3) is 0.607. The smallest absolute Gasteiger partial charge is 1.00 e. The molecule has 0 saturated heterocycles. The number of carbonyl (C=O) groups is 5. The van der Waals surface area contributed by atoms with E-state index in [1.165, 1.54) is 33.3 Å². The van der Waals surface area contributed by atoms with E-state index >= 15 is 0 Å². The molecule has 1 aromatic rings. The van der Waals surface area contributed by atoms with Gasteiger partial charge in [0.15, 0.2) is 6.29 Å². The van der Waals surface area contributed by atoms with E-state index in [0.717, 1.165) is 0 Å². The number of nitrogens with two attached hydrogens (primary N) is 1. The second kappa shape index (κ2) is 20.7. The van der Waals surface area contributed by atoms with Crippen LogP contribution in [0.5, 0.6) is 5.75 Å². The van der Waals surface area contributed by atoms with Crippen LogP contribution in [0.1, 0.15) is 53.4 Å². The molecule has 0 aliphatic rings. The summed E-state index contributed by atoms with van der Waals surface area (Å²) in [6.45, 7) is 5.07. The summed E-state index contributed by atoms with van der Waals surface area (Å²) >= 11 is 0. The van der Waals surface area contributed by atoms with Gasteiger partial charge in [0.05, 0.1) is 12.5 Å². The average molecular weight is 604 g/mol. The number of methoxy groups -OCH3 is 2. The Labute approximate surface area is 265 Å². The van der Waals surface area contributed by atoms with Crippen molar-refractivity contribution in [2.75, 3.05) is 20.8 Å². The summed E-state index contributed by atoms with van der Waals surface area (Å²) in [5, 5.41) is 29.4. The molecule has 0 aliphatic carbocycles. The van der Waals surface area contributed by atoms with E-state index in [1.807, 2.05) is 0 Å². The van der Waals surface area contributed by atoms with Crippen LogP contribution in [0.3, 0.4) is 0 Å². The van der Waals surface area contributed by atoms with Crippen LogP contribution < -0.4 is 45.9 Å². The minimum absolute atomic E-state index is 0. The topological polar surface area (TPSA) is 218 Å². The summed E-state index contributed by atoms with van der Waals surface area (Å²) < 4.78 is 10.3. The molecule has 14 nitrogen and oxygen atoms in total. The molecule has 238 valence electrons. The Morgan fingerprint density at radius 3 is 1.95 bits per heavy atom. The van der Waals surface area contributed by atoms with Crippen LogP contribution in [0.15, 0.2) is 24.3 Å². The van der Waals surface area contributed by atoms with Crippen LogP contribution in [0.4, 0.5) is 0 Å². The van der Waals surface area contributed by atoms with Gasteiger partial charge in [-0.05, 0) is 49.4 Å². The average Bonchev–Trinajstić information content (AvgIpc) is 2.91. The maximum atomic E-state index is 13.4. The minimum Gasteiger partial charge on any atom is -1.00 e. The molecule has 0 aromatic heterocycles. The fourth-order valence-electron chi connectivity index (χ4n) is 4.25. The van der Waals surface area contributed by atoms with Crippen molar-refractivity contribution in [3.63, 3.8) is 0 Å². The molecular weight excluding hydrogens is 557 g/mol. The quantitative estimate of drug-likeness (QED) is 0.0480. The van der Waals surface area contributed by atoms with Gasteiger partial charge in [-0.1, -0.05) is 26.0 Å². The summed E-state index contributed by atoms with van der Waals surface area (Å²) in [6.07, 6.45) is -0.158. The van der Waals surface area contributed by atoms with Crippen LogP contribution in [0.2, 0.25) is 0 Å². The fourth-order valence-corrected chi connectivity index (χ4v) is 4.25. The summed E-state index contributed by atoms with van der Waals surface area (Å²) in [7, 11) is 2.61. The SMILES string of the molecule is COC(OC)C(CC(=O)O)NC(=O)[C@H](CCCCN)NC(=O)[C@@H](NC(=O)[C@H](Cc1ccc(O)cc1)NC(C)=O)C(C)C.[H-].[Li+]. The van der Waals surface area contributed by atoms with E-state index in [9.17, 15) is 34.2 Å². The first-order chi connectivity index (χ1) is 19.8. The van der Waals surface area contributed by atoms with E-state index in [4.69, 9.17) is 15.2 Å². The third kappa shape index (κ3) is 14.7. The Bertz CT molecular complexity index is 1040. The molecule has 0 spiro atoms. The van der Waals surface area contributed by atoms with Gasteiger partial charge < -0.3 is 48.1 Å². The van der Waals surface area contributed by atoms with E-state index in [1.54, 1.807) is 26.0 Å². The van der Waals surface area contributed by atoms with E-state index < -0.39 is 72.4 Å². The molecule has 0 bridgehead atoms. The molecule has 0 radical (unpaired) electrons. The molecule has 8 N–H and O–H groups in total.